The molecule has 0 aliphatic carbocycles. The van der Waals surface area contributed by atoms with Crippen molar-refractivity contribution in [1.82, 2.24) is 0 Å². The van der Waals surface area contributed by atoms with Gasteiger partial charge in [0.25, 0.3) is 6.57 Å². The van der Waals surface area contributed by atoms with Crippen LogP contribution in [0.2, 0.25) is 0 Å². The third-order valence-corrected chi connectivity index (χ3v) is 1.37. The van der Waals surface area contributed by atoms with E-state index in [2.05, 4.69) is 4.85 Å². The maximum atomic E-state index is 5.03. The number of methoxy groups -OCH3 is 1. The van der Waals surface area contributed by atoms with Crippen LogP contribution in [0.15, 0.2) is 0 Å². The van der Waals surface area contributed by atoms with Gasteiger partial charge in [0.1, 0.15) is 0 Å². The van der Waals surface area contributed by atoms with E-state index in [-0.39, 0.29) is 0 Å². The highest BCUT2D eigenvalue weighted by Crippen LogP contribution is 2.13. The van der Waals surface area contributed by atoms with Gasteiger partial charge in [-0.1, -0.05) is 6.92 Å². The van der Waals surface area contributed by atoms with Gasteiger partial charge < -0.3 is 4.74 Å². The molecule has 0 N–H and O–H groups in total. The second-order valence-electron chi connectivity index (χ2n) is 1.86. The fourth-order valence-electron chi connectivity index (χ4n) is 0.288. The first-order valence-corrected chi connectivity index (χ1v) is 2.65. The normalized spacial score (nSPS) is 16.8. The Balaban J connectivity index is 3.83. The molecule has 0 saturated heterocycles. The highest BCUT2D eigenvalue weighted by atomic mass is 16.5. The summed E-state index contributed by atoms with van der Waals surface area (Å²) in [5.74, 6) is 0. The summed E-state index contributed by atoms with van der Waals surface area (Å²) in [4.78, 5) is 3.53. The Hall–Kier alpha value is -0.550. The highest BCUT2D eigenvalue weighted by Gasteiger charge is 2.30. The van der Waals surface area contributed by atoms with Crippen molar-refractivity contribution < 1.29 is 4.74 Å². The van der Waals surface area contributed by atoms with Crippen LogP contribution in [0.5, 0.6) is 0 Å². The summed E-state index contributed by atoms with van der Waals surface area (Å²) in [5.41, 5.74) is -0.472. The van der Waals surface area contributed by atoms with E-state index in [0.717, 1.165) is 6.42 Å². The second kappa shape index (κ2) is 2.68. The van der Waals surface area contributed by atoms with E-state index in [9.17, 15) is 0 Å². The average Bonchev–Trinajstić information content (AvgIpc) is 1.87. The van der Waals surface area contributed by atoms with Crippen LogP contribution in [-0.4, -0.2) is 12.8 Å². The molecule has 8 heavy (non-hydrogen) atoms. The third kappa shape index (κ3) is 1.51. The van der Waals surface area contributed by atoms with Gasteiger partial charge in [0.05, 0.1) is 6.42 Å². The van der Waals surface area contributed by atoms with Crippen LogP contribution in [-0.2, 0) is 4.74 Å². The summed E-state index contributed by atoms with van der Waals surface area (Å²) < 4.78 is 4.94. The van der Waals surface area contributed by atoms with Crippen molar-refractivity contribution in [2.75, 3.05) is 7.11 Å². The highest BCUT2D eigenvalue weighted by molar-refractivity contribution is 4.86. The fourth-order valence-corrected chi connectivity index (χ4v) is 0.288. The van der Waals surface area contributed by atoms with Crippen molar-refractivity contribution in [3.63, 3.8) is 0 Å². The first kappa shape index (κ1) is 7.45. The quantitative estimate of drug-likeness (QED) is 0.533. The molecule has 2 nitrogen and oxygen atoms in total. The SMILES string of the molecule is C#[N+]C(C)(CC)OC. The smallest absolute Gasteiger partial charge is 0.309 e. The number of hydrogen-bond donors (Lipinski definition) is 0. The Morgan fingerprint density at radius 2 is 2.25 bits per heavy atom. The van der Waals surface area contributed by atoms with Gasteiger partial charge in [-0.2, -0.15) is 0 Å². The third-order valence-electron chi connectivity index (χ3n) is 1.37. The molecule has 0 bridgehead atoms. The zero-order valence-electron chi connectivity index (χ0n) is 5.64. The molecule has 0 rings (SSSR count). The lowest BCUT2D eigenvalue weighted by Gasteiger charge is -2.05. The summed E-state index contributed by atoms with van der Waals surface area (Å²) in [7, 11) is 1.60. The van der Waals surface area contributed by atoms with Gasteiger partial charge in [0.15, 0.2) is 0 Å². The topological polar surface area (TPSA) is 13.6 Å². The van der Waals surface area contributed by atoms with Gasteiger partial charge in [-0.25, -0.2) is 0 Å². The van der Waals surface area contributed by atoms with Crippen LogP contribution in [0.4, 0.5) is 0 Å². The van der Waals surface area contributed by atoms with Crippen molar-refractivity contribution in [3.05, 3.63) is 4.85 Å². The monoisotopic (exact) mass is 114 g/mol. The summed E-state index contributed by atoms with van der Waals surface area (Å²) in [6.07, 6.45) is 0.806. The van der Waals surface area contributed by atoms with Gasteiger partial charge in [-0.15, -0.1) is 0 Å². The Morgan fingerprint density at radius 1 is 1.75 bits per heavy atom. The van der Waals surface area contributed by atoms with E-state index >= 15 is 0 Å². The van der Waals surface area contributed by atoms with Crippen LogP contribution in [0.3, 0.4) is 0 Å². The molecule has 0 spiro atoms. The molecule has 46 valence electrons. The Labute approximate surface area is 50.3 Å². The molecule has 0 radical (unpaired) electrons. The molecular formula is C6H12NO+. The van der Waals surface area contributed by atoms with Crippen LogP contribution >= 0.6 is 0 Å². The second-order valence-corrected chi connectivity index (χ2v) is 1.86. The van der Waals surface area contributed by atoms with Gasteiger partial charge in [0.2, 0.25) is 0 Å². The Morgan fingerprint density at radius 3 is 2.25 bits per heavy atom. The van der Waals surface area contributed by atoms with Crippen molar-refractivity contribution in [1.29, 1.82) is 0 Å². The molecule has 0 saturated carbocycles. The summed E-state index contributed by atoms with van der Waals surface area (Å²) in [6, 6.07) is 0. The summed E-state index contributed by atoms with van der Waals surface area (Å²) >= 11 is 0. The van der Waals surface area contributed by atoms with Crippen molar-refractivity contribution >= 4 is 0 Å². The maximum Gasteiger partial charge on any atom is 0.381 e. The van der Waals surface area contributed by atoms with E-state index in [4.69, 9.17) is 11.3 Å². The molecule has 0 amide bonds. The summed E-state index contributed by atoms with van der Waals surface area (Å²) in [5, 5.41) is 0. The zero-order valence-corrected chi connectivity index (χ0v) is 5.64. The molecule has 1 atom stereocenters. The predicted octanol–water partition coefficient (Wildman–Crippen LogP) is 1.72. The molecule has 0 heterocycles. The van der Waals surface area contributed by atoms with E-state index in [1.54, 1.807) is 7.11 Å². The lowest BCUT2D eigenvalue weighted by molar-refractivity contribution is 0.0437. The van der Waals surface area contributed by atoms with Gasteiger partial charge in [-0.05, 0) is 4.85 Å². The van der Waals surface area contributed by atoms with Crippen molar-refractivity contribution in [3.8, 4) is 6.57 Å². The molecule has 1 unspecified atom stereocenters. The van der Waals surface area contributed by atoms with Crippen LogP contribution < -0.4 is 0 Å². The fraction of sp³-hybridized carbons (Fsp3) is 0.833. The first-order chi connectivity index (χ1) is 3.68. The number of hydrogen-bond acceptors (Lipinski definition) is 1. The minimum absolute atomic E-state index is 0.472. The molecule has 0 aromatic rings. The Bertz CT molecular complexity index is 99.6. The zero-order chi connectivity index (χ0) is 6.62. The maximum absolute atomic E-state index is 5.03. The van der Waals surface area contributed by atoms with Crippen LogP contribution in [0, 0.1) is 6.57 Å². The Kier molecular flexibility index (Phi) is 2.50. The molecule has 2 heteroatoms. The molecule has 0 aromatic carbocycles. The van der Waals surface area contributed by atoms with E-state index in [1.807, 2.05) is 13.8 Å². The predicted molar refractivity (Wildman–Crippen MR) is 34.0 cm³/mol. The van der Waals surface area contributed by atoms with Gasteiger partial charge in [-0.3, -0.25) is 0 Å². The lowest BCUT2D eigenvalue weighted by Crippen LogP contribution is -2.20. The number of rotatable bonds is 2. The summed E-state index contributed by atoms with van der Waals surface area (Å²) in [6.45, 7) is 8.84. The molecule has 0 fully saturated rings. The van der Waals surface area contributed by atoms with Crippen LogP contribution in [0.25, 0.3) is 4.85 Å². The molecule has 0 aliphatic heterocycles. The van der Waals surface area contributed by atoms with Crippen molar-refractivity contribution in [2.45, 2.75) is 26.0 Å². The standard InChI is InChI=1S/C6H12NO/c1-5-6(2,7-3)8-4/h3H,5H2,1-2,4H3/q+1. The largest absolute Gasteiger partial charge is 0.381 e. The molecular weight excluding hydrogens is 102 g/mol. The van der Waals surface area contributed by atoms with Crippen molar-refractivity contribution in [2.24, 2.45) is 0 Å². The number of ether oxygens (including phenoxy) is 1. The van der Waals surface area contributed by atoms with Crippen LogP contribution in [0.1, 0.15) is 20.3 Å². The van der Waals surface area contributed by atoms with Gasteiger partial charge >= 0.3 is 5.72 Å². The number of nitrogens with zero attached hydrogens (tertiary/aromatic N) is 1. The van der Waals surface area contributed by atoms with E-state index in [1.165, 1.54) is 0 Å². The minimum atomic E-state index is -0.472. The van der Waals surface area contributed by atoms with E-state index in [0.29, 0.717) is 0 Å². The molecule has 0 aliphatic rings. The minimum Gasteiger partial charge on any atom is -0.309 e. The molecule has 0 aromatic heterocycles. The van der Waals surface area contributed by atoms with Gasteiger partial charge in [0, 0.05) is 14.0 Å². The van der Waals surface area contributed by atoms with E-state index < -0.39 is 5.72 Å². The average molecular weight is 114 g/mol. The first-order valence-electron chi connectivity index (χ1n) is 2.65. The lowest BCUT2D eigenvalue weighted by atomic mass is 10.2.